The Balaban J connectivity index is 1.78. The summed E-state index contributed by atoms with van der Waals surface area (Å²) in [5.74, 6) is -0.480. The SMILES string of the molecule is FC(F)(F)c1ccc(N2C[C@H]3C[C@]3(C(F)(F)F)C2)c2cccnc12. The van der Waals surface area contributed by atoms with Crippen molar-refractivity contribution in [2.75, 3.05) is 18.0 Å². The van der Waals surface area contributed by atoms with Gasteiger partial charge in [-0.05, 0) is 36.6 Å². The smallest absolute Gasteiger partial charge is 0.370 e. The molecule has 0 unspecified atom stereocenters. The van der Waals surface area contributed by atoms with Crippen LogP contribution in [0.4, 0.5) is 32.0 Å². The lowest BCUT2D eigenvalue weighted by molar-refractivity contribution is -0.184. The molecule has 1 aliphatic heterocycles. The zero-order valence-corrected chi connectivity index (χ0v) is 12.2. The highest BCUT2D eigenvalue weighted by atomic mass is 19.4. The summed E-state index contributed by atoms with van der Waals surface area (Å²) in [6, 6.07) is 5.11. The summed E-state index contributed by atoms with van der Waals surface area (Å²) < 4.78 is 79.0. The molecule has 1 aliphatic carbocycles. The Labute approximate surface area is 133 Å². The largest absolute Gasteiger partial charge is 0.418 e. The van der Waals surface area contributed by atoms with Gasteiger partial charge in [-0.1, -0.05) is 0 Å². The third kappa shape index (κ3) is 2.08. The molecule has 2 heterocycles. The fourth-order valence-corrected chi connectivity index (χ4v) is 3.77. The minimum absolute atomic E-state index is 0.101. The number of hydrogen-bond donors (Lipinski definition) is 0. The Morgan fingerprint density at radius 3 is 2.46 bits per heavy atom. The van der Waals surface area contributed by atoms with E-state index in [-0.39, 0.29) is 30.4 Å². The minimum atomic E-state index is -4.56. The van der Waals surface area contributed by atoms with Gasteiger partial charge in [-0.15, -0.1) is 0 Å². The maximum absolute atomic E-state index is 13.2. The van der Waals surface area contributed by atoms with Crippen LogP contribution in [-0.4, -0.2) is 24.2 Å². The molecule has 2 fully saturated rings. The van der Waals surface area contributed by atoms with Crippen LogP contribution in [0.25, 0.3) is 10.9 Å². The second kappa shape index (κ2) is 4.55. The molecule has 0 radical (unpaired) electrons. The van der Waals surface area contributed by atoms with E-state index in [1.807, 2.05) is 0 Å². The summed E-state index contributed by atoms with van der Waals surface area (Å²) in [5, 5.41) is 0.228. The van der Waals surface area contributed by atoms with E-state index in [9.17, 15) is 26.3 Å². The van der Waals surface area contributed by atoms with Gasteiger partial charge in [-0.2, -0.15) is 26.3 Å². The number of pyridine rings is 1. The number of piperidine rings is 1. The summed E-state index contributed by atoms with van der Waals surface area (Å²) in [6.45, 7) is -0.00854. The quantitative estimate of drug-likeness (QED) is 0.699. The van der Waals surface area contributed by atoms with E-state index in [2.05, 4.69) is 4.98 Å². The maximum Gasteiger partial charge on any atom is 0.418 e. The lowest BCUT2D eigenvalue weighted by Gasteiger charge is -2.26. The molecule has 0 bridgehead atoms. The minimum Gasteiger partial charge on any atom is -0.370 e. The Morgan fingerprint density at radius 2 is 1.83 bits per heavy atom. The van der Waals surface area contributed by atoms with Crippen LogP contribution in [0.1, 0.15) is 12.0 Å². The van der Waals surface area contributed by atoms with Crippen molar-refractivity contribution in [3.63, 3.8) is 0 Å². The molecular formula is C16H12F6N2. The maximum atomic E-state index is 13.2. The molecule has 0 N–H and O–H groups in total. The number of benzene rings is 1. The molecule has 1 saturated heterocycles. The third-order valence-electron chi connectivity index (χ3n) is 5.10. The van der Waals surface area contributed by atoms with E-state index in [0.717, 1.165) is 6.07 Å². The lowest BCUT2D eigenvalue weighted by atomic mass is 10.0. The summed E-state index contributed by atoms with van der Waals surface area (Å²) in [4.78, 5) is 5.34. The normalized spacial score (nSPS) is 26.8. The Bertz CT molecular complexity index is 812. The molecule has 128 valence electrons. The van der Waals surface area contributed by atoms with Crippen molar-refractivity contribution in [1.29, 1.82) is 0 Å². The molecule has 2 aliphatic rings. The molecule has 0 amide bonds. The van der Waals surface area contributed by atoms with Gasteiger partial charge in [0.05, 0.1) is 16.5 Å². The van der Waals surface area contributed by atoms with Crippen LogP contribution in [0.5, 0.6) is 0 Å². The monoisotopic (exact) mass is 346 g/mol. The first kappa shape index (κ1) is 15.5. The van der Waals surface area contributed by atoms with Gasteiger partial charge in [-0.25, -0.2) is 0 Å². The van der Waals surface area contributed by atoms with Crippen LogP contribution in [-0.2, 0) is 6.18 Å². The zero-order valence-electron chi connectivity index (χ0n) is 12.2. The van der Waals surface area contributed by atoms with Gasteiger partial charge in [0, 0.05) is 30.4 Å². The molecule has 2 aromatic rings. The van der Waals surface area contributed by atoms with Crippen LogP contribution < -0.4 is 4.90 Å². The Kier molecular flexibility index (Phi) is 2.94. The fourth-order valence-electron chi connectivity index (χ4n) is 3.77. The van der Waals surface area contributed by atoms with E-state index in [4.69, 9.17) is 0 Å². The van der Waals surface area contributed by atoms with Crippen LogP contribution in [0, 0.1) is 11.3 Å². The summed E-state index contributed by atoms with van der Waals surface area (Å²) in [7, 11) is 0. The first-order valence-corrected chi connectivity index (χ1v) is 7.40. The van der Waals surface area contributed by atoms with E-state index in [0.29, 0.717) is 5.69 Å². The van der Waals surface area contributed by atoms with Crippen molar-refractivity contribution in [3.8, 4) is 0 Å². The standard InChI is InChI=1S/C16H12F6N2/c17-15(18,19)11-3-4-12(10-2-1-5-23-13(10)11)24-7-9-6-14(9,8-24)16(20,21)22/h1-5,9H,6-8H2/t9-,14+/m1/s1. The number of nitrogens with zero attached hydrogens (tertiary/aromatic N) is 2. The molecule has 1 saturated carbocycles. The zero-order chi connectivity index (χ0) is 17.3. The van der Waals surface area contributed by atoms with Crippen molar-refractivity contribution in [3.05, 3.63) is 36.0 Å². The van der Waals surface area contributed by atoms with Crippen molar-refractivity contribution in [2.45, 2.75) is 18.8 Å². The first-order valence-electron chi connectivity index (χ1n) is 7.40. The van der Waals surface area contributed by atoms with Crippen LogP contribution in [0.2, 0.25) is 0 Å². The predicted octanol–water partition coefficient (Wildman–Crippen LogP) is 4.64. The number of anilines is 1. The van der Waals surface area contributed by atoms with Gasteiger partial charge in [-0.3, -0.25) is 4.98 Å². The summed E-state index contributed by atoms with van der Waals surface area (Å²) in [5.41, 5.74) is -2.44. The van der Waals surface area contributed by atoms with Crippen molar-refractivity contribution in [1.82, 2.24) is 4.98 Å². The molecule has 0 spiro atoms. The highest BCUT2D eigenvalue weighted by molar-refractivity contribution is 5.94. The highest BCUT2D eigenvalue weighted by Gasteiger charge is 2.74. The number of rotatable bonds is 1. The second-order valence-electron chi connectivity index (χ2n) is 6.47. The van der Waals surface area contributed by atoms with E-state index in [1.54, 1.807) is 0 Å². The topological polar surface area (TPSA) is 16.1 Å². The van der Waals surface area contributed by atoms with Gasteiger partial charge in [0.25, 0.3) is 0 Å². The second-order valence-corrected chi connectivity index (χ2v) is 6.47. The molecular weight excluding hydrogens is 334 g/mol. The van der Waals surface area contributed by atoms with Crippen LogP contribution >= 0.6 is 0 Å². The first-order chi connectivity index (χ1) is 11.1. The number of hydrogen-bond acceptors (Lipinski definition) is 2. The number of halogens is 6. The van der Waals surface area contributed by atoms with E-state index in [1.165, 1.54) is 29.3 Å². The average molecular weight is 346 g/mol. The van der Waals surface area contributed by atoms with E-state index >= 15 is 0 Å². The van der Waals surface area contributed by atoms with Gasteiger partial charge < -0.3 is 4.90 Å². The Morgan fingerprint density at radius 1 is 1.08 bits per heavy atom. The summed E-state index contributed by atoms with van der Waals surface area (Å²) >= 11 is 0. The van der Waals surface area contributed by atoms with Gasteiger partial charge in [0.15, 0.2) is 0 Å². The molecule has 2 nitrogen and oxygen atoms in total. The van der Waals surface area contributed by atoms with Crippen LogP contribution in [0.15, 0.2) is 30.5 Å². The molecule has 1 aromatic carbocycles. The molecule has 8 heteroatoms. The number of fused-ring (bicyclic) bond motifs is 2. The van der Waals surface area contributed by atoms with Gasteiger partial charge >= 0.3 is 12.4 Å². The highest BCUT2D eigenvalue weighted by Crippen LogP contribution is 2.66. The molecule has 4 rings (SSSR count). The van der Waals surface area contributed by atoms with Crippen molar-refractivity contribution >= 4 is 16.6 Å². The van der Waals surface area contributed by atoms with Crippen molar-refractivity contribution in [2.24, 2.45) is 11.3 Å². The van der Waals surface area contributed by atoms with Gasteiger partial charge in [0.1, 0.15) is 0 Å². The Hall–Kier alpha value is -1.99. The van der Waals surface area contributed by atoms with Crippen LogP contribution in [0.3, 0.4) is 0 Å². The lowest BCUT2D eigenvalue weighted by Crippen LogP contribution is -2.33. The number of aromatic nitrogens is 1. The third-order valence-corrected chi connectivity index (χ3v) is 5.10. The summed E-state index contributed by atoms with van der Waals surface area (Å²) in [6.07, 6.45) is -7.50. The predicted molar refractivity (Wildman–Crippen MR) is 75.6 cm³/mol. The molecule has 24 heavy (non-hydrogen) atoms. The van der Waals surface area contributed by atoms with Gasteiger partial charge in [0.2, 0.25) is 0 Å². The van der Waals surface area contributed by atoms with E-state index < -0.39 is 29.2 Å². The van der Waals surface area contributed by atoms with Crippen molar-refractivity contribution < 1.29 is 26.3 Å². The number of alkyl halides is 6. The molecule has 1 aromatic heterocycles. The average Bonchev–Trinajstić information content (AvgIpc) is 3.07. The molecule has 2 atom stereocenters. The fraction of sp³-hybridized carbons (Fsp3) is 0.438.